The molecule has 0 saturated heterocycles. The Balaban J connectivity index is 4.55. The molecule has 0 heterocycles. The number of hydrogen-bond acceptors (Lipinski definition) is 7. The van der Waals surface area contributed by atoms with E-state index in [2.05, 4.69) is 26.0 Å². The molecule has 10 heteroatoms. The normalized spacial score (nSPS) is 14.3. The van der Waals surface area contributed by atoms with Crippen LogP contribution in [0.3, 0.4) is 0 Å². The molecular formula is C29H57NO8P+. The zero-order valence-electron chi connectivity index (χ0n) is 25.4. The van der Waals surface area contributed by atoms with Crippen molar-refractivity contribution in [1.29, 1.82) is 0 Å². The molecule has 1 unspecified atom stereocenters. The number of carbonyl (C=O) groups excluding carboxylic acids is 2. The minimum absolute atomic E-state index is 0.0319. The molecule has 39 heavy (non-hydrogen) atoms. The van der Waals surface area contributed by atoms with Crippen molar-refractivity contribution in [2.24, 2.45) is 0 Å². The molecule has 0 fully saturated rings. The first kappa shape index (κ1) is 37.8. The maximum absolute atomic E-state index is 12.4. The predicted octanol–water partition coefficient (Wildman–Crippen LogP) is 6.73. The average Bonchev–Trinajstić information content (AvgIpc) is 2.85. The van der Waals surface area contributed by atoms with Gasteiger partial charge in [0.2, 0.25) is 0 Å². The number of ether oxygens (including phenoxy) is 2. The van der Waals surface area contributed by atoms with E-state index in [-0.39, 0.29) is 32.0 Å². The minimum Gasteiger partial charge on any atom is -0.462 e. The Morgan fingerprint density at radius 3 is 2.00 bits per heavy atom. The van der Waals surface area contributed by atoms with Crippen molar-refractivity contribution in [2.75, 3.05) is 47.5 Å². The molecule has 0 amide bonds. The minimum atomic E-state index is -4.34. The quantitative estimate of drug-likeness (QED) is 0.0396. The van der Waals surface area contributed by atoms with Crippen molar-refractivity contribution >= 4 is 19.8 Å². The second kappa shape index (κ2) is 23.5. The zero-order chi connectivity index (χ0) is 29.4. The SMILES string of the molecule is CC/C=C\CCCCCCCC(=O)OC[C@H](COP(=O)(O)OCC[N+](C)(C)C)OC(=O)CCCCCCCC. The zero-order valence-corrected chi connectivity index (χ0v) is 26.3. The van der Waals surface area contributed by atoms with Gasteiger partial charge in [-0.3, -0.25) is 18.6 Å². The number of likely N-dealkylation sites (N-methyl/N-ethyl adjacent to an activating group) is 1. The first-order chi connectivity index (χ1) is 18.5. The largest absolute Gasteiger partial charge is 0.472 e. The Bertz CT molecular complexity index is 708. The summed E-state index contributed by atoms with van der Waals surface area (Å²) in [5, 5.41) is 0. The molecule has 0 saturated carbocycles. The van der Waals surface area contributed by atoms with Gasteiger partial charge >= 0.3 is 19.8 Å². The Morgan fingerprint density at radius 1 is 0.795 bits per heavy atom. The van der Waals surface area contributed by atoms with E-state index in [1.54, 1.807) is 0 Å². The molecule has 0 aliphatic heterocycles. The van der Waals surface area contributed by atoms with Gasteiger partial charge in [0.25, 0.3) is 0 Å². The van der Waals surface area contributed by atoms with Crippen LogP contribution in [0.4, 0.5) is 0 Å². The molecular weight excluding hydrogens is 521 g/mol. The Morgan fingerprint density at radius 2 is 1.38 bits per heavy atom. The lowest BCUT2D eigenvalue weighted by Crippen LogP contribution is -2.37. The van der Waals surface area contributed by atoms with Crippen LogP contribution in [0.25, 0.3) is 0 Å². The van der Waals surface area contributed by atoms with Crippen molar-refractivity contribution in [3.63, 3.8) is 0 Å². The van der Waals surface area contributed by atoms with E-state index >= 15 is 0 Å². The lowest BCUT2D eigenvalue weighted by Gasteiger charge is -2.24. The number of hydrogen-bond donors (Lipinski definition) is 1. The lowest BCUT2D eigenvalue weighted by atomic mass is 10.1. The Hall–Kier alpha value is -1.25. The first-order valence-corrected chi connectivity index (χ1v) is 16.4. The maximum atomic E-state index is 12.4. The fraction of sp³-hybridized carbons (Fsp3) is 0.862. The van der Waals surface area contributed by atoms with Crippen molar-refractivity contribution < 1.29 is 42.1 Å². The highest BCUT2D eigenvalue weighted by molar-refractivity contribution is 7.47. The molecule has 2 atom stereocenters. The smallest absolute Gasteiger partial charge is 0.462 e. The fourth-order valence-electron chi connectivity index (χ4n) is 3.66. The molecule has 0 aromatic carbocycles. The Labute approximate surface area is 237 Å². The molecule has 0 bridgehead atoms. The maximum Gasteiger partial charge on any atom is 0.472 e. The number of esters is 2. The van der Waals surface area contributed by atoms with Crippen LogP contribution in [0.15, 0.2) is 12.2 Å². The summed E-state index contributed by atoms with van der Waals surface area (Å²) in [4.78, 5) is 34.6. The number of quaternary nitrogens is 1. The Kier molecular flexibility index (Phi) is 22.7. The molecule has 0 aromatic heterocycles. The summed E-state index contributed by atoms with van der Waals surface area (Å²) in [6.45, 7) is 4.19. The number of rotatable bonds is 26. The van der Waals surface area contributed by atoms with Gasteiger partial charge in [0.15, 0.2) is 6.10 Å². The molecule has 0 aromatic rings. The number of phosphoric acid groups is 1. The van der Waals surface area contributed by atoms with E-state index in [0.717, 1.165) is 70.6 Å². The van der Waals surface area contributed by atoms with Gasteiger partial charge in [0, 0.05) is 12.8 Å². The predicted molar refractivity (Wildman–Crippen MR) is 155 cm³/mol. The number of phosphoric ester groups is 1. The van der Waals surface area contributed by atoms with Crippen molar-refractivity contribution in [3.05, 3.63) is 12.2 Å². The van der Waals surface area contributed by atoms with Gasteiger partial charge in [-0.25, -0.2) is 4.57 Å². The van der Waals surface area contributed by atoms with Crippen LogP contribution in [-0.2, 0) is 32.7 Å². The van der Waals surface area contributed by atoms with Crippen LogP contribution >= 0.6 is 7.82 Å². The van der Waals surface area contributed by atoms with Gasteiger partial charge in [-0.15, -0.1) is 0 Å². The summed E-state index contributed by atoms with van der Waals surface area (Å²) in [5.74, 6) is -0.827. The summed E-state index contributed by atoms with van der Waals surface area (Å²) in [7, 11) is 1.47. The molecule has 1 N–H and O–H groups in total. The molecule has 0 aliphatic carbocycles. The van der Waals surface area contributed by atoms with E-state index in [9.17, 15) is 19.0 Å². The number of nitrogens with zero attached hydrogens (tertiary/aromatic N) is 1. The van der Waals surface area contributed by atoms with E-state index in [4.69, 9.17) is 18.5 Å². The van der Waals surface area contributed by atoms with Gasteiger partial charge in [-0.1, -0.05) is 77.4 Å². The summed E-state index contributed by atoms with van der Waals surface area (Å²) in [6.07, 6.45) is 17.3. The summed E-state index contributed by atoms with van der Waals surface area (Å²) in [6, 6.07) is 0. The first-order valence-electron chi connectivity index (χ1n) is 14.9. The topological polar surface area (TPSA) is 108 Å². The van der Waals surface area contributed by atoms with Crippen LogP contribution in [-0.4, -0.2) is 74.9 Å². The number of unbranched alkanes of at least 4 members (excludes halogenated alkanes) is 10. The molecule has 0 rings (SSSR count). The second-order valence-corrected chi connectivity index (χ2v) is 12.6. The van der Waals surface area contributed by atoms with Crippen LogP contribution < -0.4 is 0 Å². The van der Waals surface area contributed by atoms with Crippen LogP contribution in [0.1, 0.15) is 110 Å². The molecule has 0 spiro atoms. The van der Waals surface area contributed by atoms with Gasteiger partial charge in [-0.05, 0) is 32.1 Å². The summed E-state index contributed by atoms with van der Waals surface area (Å²) in [5.41, 5.74) is 0. The van der Waals surface area contributed by atoms with Gasteiger partial charge in [0.05, 0.1) is 27.7 Å². The highest BCUT2D eigenvalue weighted by Gasteiger charge is 2.27. The van der Waals surface area contributed by atoms with E-state index in [1.807, 2.05) is 21.1 Å². The fourth-order valence-corrected chi connectivity index (χ4v) is 4.40. The van der Waals surface area contributed by atoms with Crippen LogP contribution in [0.2, 0.25) is 0 Å². The van der Waals surface area contributed by atoms with Gasteiger partial charge < -0.3 is 18.9 Å². The number of carbonyl (C=O) groups is 2. The molecule has 0 radical (unpaired) electrons. The standard InChI is InChI=1S/C29H56NO8P/c1-6-8-10-12-14-15-16-18-19-21-28(31)35-25-27(38-29(32)22-20-17-13-11-9-7-2)26-37-39(33,34)36-24-23-30(3,4)5/h8,10,27H,6-7,9,11-26H2,1-5H3/p+1/b10-8-/t27-/m1/s1. The van der Waals surface area contributed by atoms with Crippen LogP contribution in [0.5, 0.6) is 0 Å². The van der Waals surface area contributed by atoms with E-state index in [0.29, 0.717) is 17.4 Å². The average molecular weight is 579 g/mol. The third-order valence-corrected chi connectivity index (χ3v) is 7.04. The second-order valence-electron chi connectivity index (χ2n) is 11.1. The summed E-state index contributed by atoms with van der Waals surface area (Å²) < 4.78 is 33.7. The summed E-state index contributed by atoms with van der Waals surface area (Å²) >= 11 is 0. The molecule has 230 valence electrons. The van der Waals surface area contributed by atoms with Crippen molar-refractivity contribution in [2.45, 2.75) is 116 Å². The lowest BCUT2D eigenvalue weighted by molar-refractivity contribution is -0.870. The van der Waals surface area contributed by atoms with Crippen LogP contribution in [0, 0.1) is 0 Å². The molecule has 0 aliphatic rings. The molecule has 9 nitrogen and oxygen atoms in total. The van der Waals surface area contributed by atoms with E-state index < -0.39 is 26.5 Å². The highest BCUT2D eigenvalue weighted by Crippen LogP contribution is 2.43. The van der Waals surface area contributed by atoms with Crippen molar-refractivity contribution in [3.8, 4) is 0 Å². The third-order valence-electron chi connectivity index (χ3n) is 6.06. The third kappa shape index (κ3) is 26.7. The van der Waals surface area contributed by atoms with Crippen molar-refractivity contribution in [1.82, 2.24) is 0 Å². The monoisotopic (exact) mass is 578 g/mol. The van der Waals surface area contributed by atoms with Gasteiger partial charge in [0.1, 0.15) is 19.8 Å². The van der Waals surface area contributed by atoms with E-state index in [1.165, 1.54) is 6.42 Å². The highest BCUT2D eigenvalue weighted by atomic mass is 31.2. The number of allylic oxidation sites excluding steroid dienone is 2. The van der Waals surface area contributed by atoms with Gasteiger partial charge in [-0.2, -0.15) is 0 Å².